The van der Waals surface area contributed by atoms with Gasteiger partial charge in [0.1, 0.15) is 12.4 Å². The van der Waals surface area contributed by atoms with Crippen molar-refractivity contribution >= 4 is 16.0 Å². The van der Waals surface area contributed by atoms with E-state index in [1.54, 1.807) is 12.1 Å². The minimum absolute atomic E-state index is 0.0921. The molecular formula is C12H17NO5S. The maximum absolute atomic E-state index is 11.8. The van der Waals surface area contributed by atoms with Gasteiger partial charge in [0, 0.05) is 13.6 Å². The van der Waals surface area contributed by atoms with E-state index < -0.39 is 21.2 Å². The molecule has 0 radical (unpaired) electrons. The number of sulfonamides is 1. The van der Waals surface area contributed by atoms with Crippen LogP contribution in [0, 0.1) is 0 Å². The van der Waals surface area contributed by atoms with Crippen LogP contribution in [-0.2, 0) is 14.8 Å². The number of aliphatic carboxylic acids is 1. The average molecular weight is 287 g/mol. The molecule has 1 N–H and O–H groups in total. The fourth-order valence-electron chi connectivity index (χ4n) is 1.33. The van der Waals surface area contributed by atoms with Crippen molar-refractivity contribution in [1.29, 1.82) is 0 Å². The zero-order chi connectivity index (χ0) is 14.5. The molecule has 0 aliphatic rings. The van der Waals surface area contributed by atoms with Crippen LogP contribution < -0.4 is 4.74 Å². The summed E-state index contributed by atoms with van der Waals surface area (Å²) < 4.78 is 30.0. The summed E-state index contributed by atoms with van der Waals surface area (Å²) in [4.78, 5) is 10.7. The molecule has 0 spiro atoms. The number of para-hydroxylation sites is 1. The minimum atomic E-state index is -3.84. The van der Waals surface area contributed by atoms with Crippen molar-refractivity contribution < 1.29 is 23.1 Å². The van der Waals surface area contributed by atoms with Crippen LogP contribution in [0.25, 0.3) is 0 Å². The zero-order valence-electron chi connectivity index (χ0n) is 10.8. The van der Waals surface area contributed by atoms with Crippen LogP contribution >= 0.6 is 0 Å². The van der Waals surface area contributed by atoms with E-state index in [4.69, 9.17) is 9.84 Å². The van der Waals surface area contributed by atoms with Gasteiger partial charge in [-0.3, -0.25) is 4.79 Å². The molecule has 7 heteroatoms. The summed E-state index contributed by atoms with van der Waals surface area (Å²) in [6, 6.07) is 8.98. The number of benzene rings is 1. The molecule has 1 aromatic rings. The Balaban J connectivity index is 2.52. The van der Waals surface area contributed by atoms with Gasteiger partial charge in [0.15, 0.2) is 5.25 Å². The second kappa shape index (κ2) is 6.53. The van der Waals surface area contributed by atoms with Crippen LogP contribution in [0.3, 0.4) is 0 Å². The Morgan fingerprint density at radius 1 is 1.37 bits per heavy atom. The first kappa shape index (κ1) is 15.5. The molecule has 0 amide bonds. The average Bonchev–Trinajstić information content (AvgIpc) is 2.38. The van der Waals surface area contributed by atoms with E-state index in [-0.39, 0.29) is 13.2 Å². The van der Waals surface area contributed by atoms with E-state index in [2.05, 4.69) is 0 Å². The summed E-state index contributed by atoms with van der Waals surface area (Å²) in [6.45, 7) is 1.40. The van der Waals surface area contributed by atoms with E-state index >= 15 is 0 Å². The summed E-state index contributed by atoms with van der Waals surface area (Å²) in [7, 11) is -2.50. The molecule has 19 heavy (non-hydrogen) atoms. The first-order valence-electron chi connectivity index (χ1n) is 5.71. The predicted octanol–water partition coefficient (Wildman–Crippen LogP) is 0.800. The zero-order valence-corrected chi connectivity index (χ0v) is 11.6. The molecular weight excluding hydrogens is 270 g/mol. The van der Waals surface area contributed by atoms with Crippen LogP contribution in [0.1, 0.15) is 6.92 Å². The molecule has 1 unspecified atom stereocenters. The second-order valence-electron chi connectivity index (χ2n) is 4.01. The fourth-order valence-corrected chi connectivity index (χ4v) is 2.46. The lowest BCUT2D eigenvalue weighted by molar-refractivity contribution is -0.136. The topological polar surface area (TPSA) is 83.9 Å². The van der Waals surface area contributed by atoms with E-state index in [0.29, 0.717) is 5.75 Å². The van der Waals surface area contributed by atoms with Gasteiger partial charge in [0.05, 0.1) is 0 Å². The molecule has 0 saturated carbocycles. The molecule has 0 bridgehead atoms. The number of hydrogen-bond acceptors (Lipinski definition) is 4. The third-order valence-corrected chi connectivity index (χ3v) is 4.79. The predicted molar refractivity (Wildman–Crippen MR) is 70.6 cm³/mol. The van der Waals surface area contributed by atoms with Crippen LogP contribution in [0.15, 0.2) is 30.3 Å². The van der Waals surface area contributed by atoms with Crippen molar-refractivity contribution in [2.75, 3.05) is 20.2 Å². The van der Waals surface area contributed by atoms with Crippen molar-refractivity contribution in [3.05, 3.63) is 30.3 Å². The molecule has 0 fully saturated rings. The number of ether oxygens (including phenoxy) is 1. The van der Waals surface area contributed by atoms with E-state index in [1.165, 1.54) is 7.05 Å². The highest BCUT2D eigenvalue weighted by Gasteiger charge is 2.31. The molecule has 1 aromatic carbocycles. The third-order valence-electron chi connectivity index (χ3n) is 2.65. The van der Waals surface area contributed by atoms with Crippen LogP contribution in [0.5, 0.6) is 5.75 Å². The van der Waals surface area contributed by atoms with E-state index in [9.17, 15) is 13.2 Å². The Bertz CT molecular complexity index is 514. The van der Waals surface area contributed by atoms with Crippen molar-refractivity contribution in [1.82, 2.24) is 4.31 Å². The lowest BCUT2D eigenvalue weighted by Gasteiger charge is -2.19. The molecule has 1 rings (SSSR count). The van der Waals surface area contributed by atoms with Gasteiger partial charge in [0.25, 0.3) is 0 Å². The van der Waals surface area contributed by atoms with Crippen molar-refractivity contribution in [2.45, 2.75) is 12.2 Å². The van der Waals surface area contributed by atoms with Crippen LogP contribution in [0.4, 0.5) is 0 Å². The number of likely N-dealkylation sites (N-methyl/N-ethyl adjacent to an activating group) is 1. The van der Waals surface area contributed by atoms with Crippen molar-refractivity contribution in [3.8, 4) is 5.75 Å². The summed E-state index contributed by atoms with van der Waals surface area (Å²) in [5.41, 5.74) is 0. The number of rotatable bonds is 7. The largest absolute Gasteiger partial charge is 0.492 e. The molecule has 106 valence electrons. The van der Waals surface area contributed by atoms with Gasteiger partial charge in [-0.25, -0.2) is 12.7 Å². The van der Waals surface area contributed by atoms with E-state index in [1.807, 2.05) is 18.2 Å². The van der Waals surface area contributed by atoms with Crippen molar-refractivity contribution in [3.63, 3.8) is 0 Å². The van der Waals surface area contributed by atoms with Gasteiger partial charge in [-0.2, -0.15) is 0 Å². The number of carboxylic acid groups (broad SMARTS) is 1. The molecule has 0 aliphatic carbocycles. The Morgan fingerprint density at radius 3 is 2.47 bits per heavy atom. The Hall–Kier alpha value is -1.60. The number of carboxylic acids is 1. The third kappa shape index (κ3) is 4.22. The molecule has 0 aliphatic heterocycles. The van der Waals surface area contributed by atoms with Crippen molar-refractivity contribution in [2.24, 2.45) is 0 Å². The Morgan fingerprint density at radius 2 is 1.95 bits per heavy atom. The number of carbonyl (C=O) groups is 1. The summed E-state index contributed by atoms with van der Waals surface area (Å²) in [5.74, 6) is -0.726. The minimum Gasteiger partial charge on any atom is -0.492 e. The normalized spacial score (nSPS) is 13.2. The number of nitrogens with zero attached hydrogens (tertiary/aromatic N) is 1. The van der Waals surface area contributed by atoms with Gasteiger partial charge in [-0.1, -0.05) is 18.2 Å². The second-order valence-corrected chi connectivity index (χ2v) is 6.37. The van der Waals surface area contributed by atoms with Crippen LogP contribution in [0.2, 0.25) is 0 Å². The molecule has 0 saturated heterocycles. The fraction of sp³-hybridized carbons (Fsp3) is 0.417. The Kier molecular flexibility index (Phi) is 5.31. The van der Waals surface area contributed by atoms with Gasteiger partial charge >= 0.3 is 5.97 Å². The van der Waals surface area contributed by atoms with Gasteiger partial charge < -0.3 is 9.84 Å². The van der Waals surface area contributed by atoms with E-state index in [0.717, 1.165) is 11.2 Å². The number of hydrogen-bond donors (Lipinski definition) is 1. The molecule has 6 nitrogen and oxygen atoms in total. The highest BCUT2D eigenvalue weighted by molar-refractivity contribution is 7.90. The first-order chi connectivity index (χ1) is 8.85. The summed E-state index contributed by atoms with van der Waals surface area (Å²) >= 11 is 0. The summed E-state index contributed by atoms with van der Waals surface area (Å²) in [5, 5.41) is 7.27. The molecule has 0 heterocycles. The summed E-state index contributed by atoms with van der Waals surface area (Å²) in [6.07, 6.45) is 0. The first-order valence-corrected chi connectivity index (χ1v) is 7.22. The lowest BCUT2D eigenvalue weighted by Crippen LogP contribution is -2.40. The quantitative estimate of drug-likeness (QED) is 0.802. The SMILES string of the molecule is CC(C(=O)O)S(=O)(=O)N(C)CCOc1ccccc1. The van der Waals surface area contributed by atoms with Gasteiger partial charge in [-0.15, -0.1) is 0 Å². The Labute approximate surface area is 112 Å². The smallest absolute Gasteiger partial charge is 0.323 e. The highest BCUT2D eigenvalue weighted by atomic mass is 32.2. The monoisotopic (exact) mass is 287 g/mol. The van der Waals surface area contributed by atoms with Gasteiger partial charge in [0.2, 0.25) is 10.0 Å². The maximum atomic E-state index is 11.8. The maximum Gasteiger partial charge on any atom is 0.323 e. The lowest BCUT2D eigenvalue weighted by atomic mass is 10.3. The molecule has 0 aromatic heterocycles. The van der Waals surface area contributed by atoms with Gasteiger partial charge in [-0.05, 0) is 19.1 Å². The highest BCUT2D eigenvalue weighted by Crippen LogP contribution is 2.10. The molecule has 1 atom stereocenters. The standard InChI is InChI=1S/C12H17NO5S/c1-10(12(14)15)19(16,17)13(2)8-9-18-11-6-4-3-5-7-11/h3-7,10H,8-9H2,1-2H3,(H,14,15). The van der Waals surface area contributed by atoms with Crippen LogP contribution in [-0.4, -0.2) is 49.2 Å².